The van der Waals surface area contributed by atoms with Crippen molar-refractivity contribution in [1.82, 2.24) is 10.2 Å². The van der Waals surface area contributed by atoms with E-state index in [4.69, 9.17) is 0 Å². The van der Waals surface area contributed by atoms with Crippen molar-refractivity contribution >= 4 is 5.96 Å². The van der Waals surface area contributed by atoms with Crippen LogP contribution in [0.1, 0.15) is 11.1 Å². The van der Waals surface area contributed by atoms with Crippen molar-refractivity contribution in [3.05, 3.63) is 29.3 Å². The molecule has 0 fully saturated rings. The van der Waals surface area contributed by atoms with E-state index in [2.05, 4.69) is 15.0 Å². The van der Waals surface area contributed by atoms with Gasteiger partial charge in [-0.15, -0.1) is 0 Å². The summed E-state index contributed by atoms with van der Waals surface area (Å²) in [6.07, 6.45) is 0. The van der Waals surface area contributed by atoms with E-state index < -0.39 is 6.61 Å². The number of aliphatic imine (C=N–C) groups is 1. The zero-order chi connectivity index (χ0) is 14.4. The molecule has 0 aliphatic heterocycles. The summed E-state index contributed by atoms with van der Waals surface area (Å²) in [6, 6.07) is 5.10. The smallest absolute Gasteiger partial charge is 0.387 e. The van der Waals surface area contributed by atoms with Gasteiger partial charge >= 0.3 is 6.61 Å². The molecule has 0 saturated heterocycles. The SMILES string of the molecule is CN=C(NCc1cc(C)ccc1OC(F)F)N(C)C. The summed E-state index contributed by atoms with van der Waals surface area (Å²) < 4.78 is 29.1. The Morgan fingerprint density at radius 2 is 2.11 bits per heavy atom. The summed E-state index contributed by atoms with van der Waals surface area (Å²) in [5.41, 5.74) is 1.65. The highest BCUT2D eigenvalue weighted by Gasteiger charge is 2.10. The molecule has 4 nitrogen and oxygen atoms in total. The zero-order valence-electron chi connectivity index (χ0n) is 11.6. The Kier molecular flexibility index (Phi) is 5.54. The van der Waals surface area contributed by atoms with Crippen LogP contribution in [-0.2, 0) is 6.54 Å². The van der Waals surface area contributed by atoms with E-state index >= 15 is 0 Å². The summed E-state index contributed by atoms with van der Waals surface area (Å²) in [7, 11) is 5.36. The predicted octanol–water partition coefficient (Wildman–Crippen LogP) is 2.23. The molecule has 0 aliphatic carbocycles. The Morgan fingerprint density at radius 1 is 1.42 bits per heavy atom. The molecule has 1 aromatic carbocycles. The van der Waals surface area contributed by atoms with Crippen LogP contribution in [0.3, 0.4) is 0 Å². The van der Waals surface area contributed by atoms with E-state index in [-0.39, 0.29) is 5.75 Å². The topological polar surface area (TPSA) is 36.9 Å². The third kappa shape index (κ3) is 4.73. The van der Waals surface area contributed by atoms with Crippen LogP contribution in [0.5, 0.6) is 5.75 Å². The summed E-state index contributed by atoms with van der Waals surface area (Å²) >= 11 is 0. The number of benzene rings is 1. The Morgan fingerprint density at radius 3 is 2.63 bits per heavy atom. The molecule has 1 aromatic rings. The van der Waals surface area contributed by atoms with Crippen molar-refractivity contribution in [2.45, 2.75) is 20.1 Å². The number of halogens is 2. The fourth-order valence-electron chi connectivity index (χ4n) is 1.67. The molecule has 0 amide bonds. The first-order valence-electron chi connectivity index (χ1n) is 5.86. The van der Waals surface area contributed by atoms with E-state index in [9.17, 15) is 8.78 Å². The molecule has 0 bridgehead atoms. The van der Waals surface area contributed by atoms with Crippen molar-refractivity contribution < 1.29 is 13.5 Å². The Bertz CT molecular complexity index is 448. The molecule has 0 heterocycles. The fraction of sp³-hybridized carbons (Fsp3) is 0.462. The number of hydrogen-bond donors (Lipinski definition) is 1. The molecule has 0 aliphatic rings. The van der Waals surface area contributed by atoms with E-state index in [1.807, 2.05) is 32.0 Å². The normalized spacial score (nSPS) is 11.6. The second-order valence-corrected chi connectivity index (χ2v) is 4.28. The van der Waals surface area contributed by atoms with Crippen LogP contribution in [0, 0.1) is 6.92 Å². The maximum Gasteiger partial charge on any atom is 0.387 e. The van der Waals surface area contributed by atoms with Gasteiger partial charge < -0.3 is 15.0 Å². The lowest BCUT2D eigenvalue weighted by Gasteiger charge is -2.18. The van der Waals surface area contributed by atoms with Crippen LogP contribution in [0.2, 0.25) is 0 Å². The van der Waals surface area contributed by atoms with Gasteiger partial charge in [-0.3, -0.25) is 4.99 Å². The monoisotopic (exact) mass is 271 g/mol. The average Bonchev–Trinajstić information content (AvgIpc) is 2.32. The average molecular weight is 271 g/mol. The maximum absolute atomic E-state index is 12.3. The molecule has 0 atom stereocenters. The molecule has 0 unspecified atom stereocenters. The summed E-state index contributed by atoms with van der Waals surface area (Å²) in [5.74, 6) is 0.854. The van der Waals surface area contributed by atoms with Gasteiger partial charge in [0.05, 0.1) is 0 Å². The van der Waals surface area contributed by atoms with Gasteiger partial charge in [-0.2, -0.15) is 8.78 Å². The number of alkyl halides is 2. The third-order valence-electron chi connectivity index (χ3n) is 2.50. The van der Waals surface area contributed by atoms with Crippen molar-refractivity contribution in [1.29, 1.82) is 0 Å². The highest BCUT2D eigenvalue weighted by molar-refractivity contribution is 5.79. The minimum Gasteiger partial charge on any atom is -0.434 e. The van der Waals surface area contributed by atoms with Crippen molar-refractivity contribution in [2.75, 3.05) is 21.1 Å². The molecule has 106 valence electrons. The molecule has 6 heteroatoms. The lowest BCUT2D eigenvalue weighted by atomic mass is 10.1. The van der Waals surface area contributed by atoms with E-state index in [1.165, 1.54) is 0 Å². The number of guanidine groups is 1. The predicted molar refractivity (Wildman–Crippen MR) is 71.7 cm³/mol. The standard InChI is InChI=1S/C13H19F2N3O/c1-9-5-6-11(19-12(14)15)10(7-9)8-17-13(16-2)18(3)4/h5-7,12H,8H2,1-4H3,(H,16,17). The van der Waals surface area contributed by atoms with Crippen LogP contribution in [-0.4, -0.2) is 38.6 Å². The Labute approximate surface area is 112 Å². The van der Waals surface area contributed by atoms with Crippen LogP contribution >= 0.6 is 0 Å². The van der Waals surface area contributed by atoms with Crippen LogP contribution in [0.15, 0.2) is 23.2 Å². The van der Waals surface area contributed by atoms with Gasteiger partial charge in [0.15, 0.2) is 5.96 Å². The molecule has 19 heavy (non-hydrogen) atoms. The van der Waals surface area contributed by atoms with Gasteiger partial charge in [-0.25, -0.2) is 0 Å². The molecule has 1 N–H and O–H groups in total. The second kappa shape index (κ2) is 6.92. The van der Waals surface area contributed by atoms with Gasteiger partial charge in [0.25, 0.3) is 0 Å². The largest absolute Gasteiger partial charge is 0.434 e. The molecule has 1 rings (SSSR count). The van der Waals surface area contributed by atoms with Gasteiger partial charge in [-0.1, -0.05) is 17.7 Å². The Balaban J connectivity index is 2.84. The first kappa shape index (κ1) is 15.2. The van der Waals surface area contributed by atoms with Crippen LogP contribution < -0.4 is 10.1 Å². The first-order valence-corrected chi connectivity index (χ1v) is 5.86. The summed E-state index contributed by atoms with van der Waals surface area (Å²) in [6.45, 7) is -0.556. The molecular weight excluding hydrogens is 252 g/mol. The number of ether oxygens (including phenoxy) is 1. The molecule has 0 saturated carbocycles. The van der Waals surface area contributed by atoms with E-state index in [0.29, 0.717) is 18.1 Å². The van der Waals surface area contributed by atoms with Crippen LogP contribution in [0.4, 0.5) is 8.78 Å². The van der Waals surface area contributed by atoms with E-state index in [0.717, 1.165) is 5.56 Å². The number of hydrogen-bond acceptors (Lipinski definition) is 2. The number of nitrogens with one attached hydrogen (secondary N) is 1. The summed E-state index contributed by atoms with van der Waals surface area (Å²) in [5, 5.41) is 3.08. The van der Waals surface area contributed by atoms with E-state index in [1.54, 1.807) is 19.2 Å². The zero-order valence-corrected chi connectivity index (χ0v) is 11.6. The number of rotatable bonds is 4. The molecule has 0 spiro atoms. The van der Waals surface area contributed by atoms with Gasteiger partial charge in [0.2, 0.25) is 0 Å². The van der Waals surface area contributed by atoms with Gasteiger partial charge in [0.1, 0.15) is 5.75 Å². The third-order valence-corrected chi connectivity index (χ3v) is 2.50. The minimum absolute atomic E-state index is 0.183. The summed E-state index contributed by atoms with van der Waals surface area (Å²) in [4.78, 5) is 5.87. The Hall–Kier alpha value is -1.85. The number of aryl methyl sites for hydroxylation is 1. The highest BCUT2D eigenvalue weighted by atomic mass is 19.3. The molecular formula is C13H19F2N3O. The molecule has 0 radical (unpaired) electrons. The van der Waals surface area contributed by atoms with Crippen molar-refractivity contribution in [3.63, 3.8) is 0 Å². The van der Waals surface area contributed by atoms with Crippen molar-refractivity contribution in [2.24, 2.45) is 4.99 Å². The lowest BCUT2D eigenvalue weighted by molar-refractivity contribution is -0.0504. The second-order valence-electron chi connectivity index (χ2n) is 4.28. The fourth-order valence-corrected chi connectivity index (χ4v) is 1.67. The van der Waals surface area contributed by atoms with Gasteiger partial charge in [-0.05, 0) is 13.0 Å². The van der Waals surface area contributed by atoms with Crippen LogP contribution in [0.25, 0.3) is 0 Å². The number of nitrogens with zero attached hydrogens (tertiary/aromatic N) is 2. The quantitative estimate of drug-likeness (QED) is 0.674. The molecule has 0 aromatic heterocycles. The first-order chi connectivity index (χ1) is 8.93. The minimum atomic E-state index is -2.82. The van der Waals surface area contributed by atoms with Crippen molar-refractivity contribution in [3.8, 4) is 5.75 Å². The highest BCUT2D eigenvalue weighted by Crippen LogP contribution is 2.21. The van der Waals surface area contributed by atoms with Gasteiger partial charge in [0, 0.05) is 33.3 Å². The lowest BCUT2D eigenvalue weighted by Crippen LogP contribution is -2.35. The maximum atomic E-state index is 12.3.